The average molecular weight is 258 g/mol. The maximum atomic E-state index is 12.1. The van der Waals surface area contributed by atoms with Gasteiger partial charge in [0.2, 0.25) is 0 Å². The lowest BCUT2D eigenvalue weighted by atomic mass is 10.2. The van der Waals surface area contributed by atoms with Gasteiger partial charge < -0.3 is 10.1 Å². The summed E-state index contributed by atoms with van der Waals surface area (Å²) in [5, 5.41) is 8.39. The van der Waals surface area contributed by atoms with Gasteiger partial charge >= 0.3 is 12.1 Å². The Hall–Kier alpha value is -0.980. The summed E-state index contributed by atoms with van der Waals surface area (Å²) >= 11 is 2.72. The number of nitrogens with one attached hydrogen (secondary N) is 1. The van der Waals surface area contributed by atoms with Gasteiger partial charge in [-0.15, -0.1) is 0 Å². The van der Waals surface area contributed by atoms with E-state index >= 15 is 0 Å². The maximum absolute atomic E-state index is 12.1. The Labute approximate surface area is 78.7 Å². The largest absolute Gasteiger partial charge is 0.477 e. The Bertz CT molecular complexity index is 344. The van der Waals surface area contributed by atoms with Gasteiger partial charge in [-0.2, -0.15) is 13.2 Å². The molecule has 13 heavy (non-hydrogen) atoms. The van der Waals surface area contributed by atoms with Crippen LogP contribution in [0.15, 0.2) is 10.7 Å². The van der Waals surface area contributed by atoms with Gasteiger partial charge in [0.15, 0.2) is 0 Å². The average Bonchev–Trinajstić information content (AvgIpc) is 2.29. The number of rotatable bonds is 1. The molecule has 3 nitrogen and oxygen atoms in total. The van der Waals surface area contributed by atoms with Crippen molar-refractivity contribution < 1.29 is 23.1 Å². The fraction of sp³-hybridized carbons (Fsp3) is 0.167. The van der Waals surface area contributed by atoms with Crippen LogP contribution >= 0.6 is 15.9 Å². The van der Waals surface area contributed by atoms with Crippen molar-refractivity contribution in [3.63, 3.8) is 0 Å². The Morgan fingerprint density at radius 2 is 2.08 bits per heavy atom. The quantitative estimate of drug-likeness (QED) is 0.812. The number of H-pyrrole nitrogens is 1. The number of alkyl halides is 3. The van der Waals surface area contributed by atoms with Crippen LogP contribution in [0.2, 0.25) is 0 Å². The second-order valence-electron chi connectivity index (χ2n) is 2.21. The predicted molar refractivity (Wildman–Crippen MR) is 40.5 cm³/mol. The molecule has 0 saturated carbocycles. The Morgan fingerprint density at radius 3 is 2.38 bits per heavy atom. The van der Waals surface area contributed by atoms with Crippen LogP contribution in [0.4, 0.5) is 13.2 Å². The Morgan fingerprint density at radius 1 is 1.54 bits per heavy atom. The first-order valence-electron chi connectivity index (χ1n) is 3.01. The zero-order valence-corrected chi connectivity index (χ0v) is 7.53. The molecule has 1 aromatic rings. The monoisotopic (exact) mass is 257 g/mol. The highest BCUT2D eigenvalue weighted by atomic mass is 79.9. The number of aromatic amines is 1. The standard InChI is InChI=1S/C6H3BrF3NO2/c7-3-1-2(6(8,9)10)4(11-3)5(12)13/h1,11H,(H,12,13). The van der Waals surface area contributed by atoms with E-state index in [1.807, 2.05) is 4.98 Å². The summed E-state index contributed by atoms with van der Waals surface area (Å²) in [7, 11) is 0. The smallest absolute Gasteiger partial charge is 0.418 e. The van der Waals surface area contributed by atoms with Crippen molar-refractivity contribution >= 4 is 21.9 Å². The number of carbonyl (C=O) groups is 1. The molecule has 1 rings (SSSR count). The van der Waals surface area contributed by atoms with E-state index in [1.165, 1.54) is 0 Å². The second kappa shape index (κ2) is 3.06. The van der Waals surface area contributed by atoms with Crippen molar-refractivity contribution in [3.05, 3.63) is 21.9 Å². The van der Waals surface area contributed by atoms with E-state index in [0.29, 0.717) is 6.07 Å². The van der Waals surface area contributed by atoms with Crippen molar-refractivity contribution in [1.82, 2.24) is 4.98 Å². The molecular formula is C6H3BrF3NO2. The molecule has 1 aromatic heterocycles. The van der Waals surface area contributed by atoms with Gasteiger partial charge in [-0.1, -0.05) is 0 Å². The minimum atomic E-state index is -4.66. The summed E-state index contributed by atoms with van der Waals surface area (Å²) in [4.78, 5) is 12.4. The lowest BCUT2D eigenvalue weighted by Gasteiger charge is -2.03. The number of hydrogen-bond acceptors (Lipinski definition) is 1. The van der Waals surface area contributed by atoms with Gasteiger partial charge in [0.05, 0.1) is 10.2 Å². The molecule has 0 aliphatic rings. The van der Waals surface area contributed by atoms with E-state index in [9.17, 15) is 18.0 Å². The first-order chi connectivity index (χ1) is 5.82. The molecule has 0 fully saturated rings. The number of hydrogen-bond donors (Lipinski definition) is 2. The van der Waals surface area contributed by atoms with Gasteiger partial charge in [-0.05, 0) is 22.0 Å². The van der Waals surface area contributed by atoms with Crippen LogP contribution in [-0.2, 0) is 6.18 Å². The fourth-order valence-corrected chi connectivity index (χ4v) is 1.24. The molecule has 1 heterocycles. The van der Waals surface area contributed by atoms with E-state index < -0.39 is 23.4 Å². The summed E-state index contributed by atoms with van der Waals surface area (Å²) < 4.78 is 36.3. The summed E-state index contributed by atoms with van der Waals surface area (Å²) in [5.41, 5.74) is -2.05. The molecule has 0 unspecified atom stereocenters. The minimum Gasteiger partial charge on any atom is -0.477 e. The summed E-state index contributed by atoms with van der Waals surface area (Å²) in [6, 6.07) is 0.684. The van der Waals surface area contributed by atoms with E-state index in [4.69, 9.17) is 5.11 Å². The fourth-order valence-electron chi connectivity index (χ4n) is 0.814. The van der Waals surface area contributed by atoms with E-state index in [-0.39, 0.29) is 4.60 Å². The third kappa shape index (κ3) is 2.03. The number of carboxylic acids is 1. The van der Waals surface area contributed by atoms with E-state index in [2.05, 4.69) is 15.9 Å². The summed E-state index contributed by atoms with van der Waals surface area (Å²) in [6.07, 6.45) is -4.66. The van der Waals surface area contributed by atoms with E-state index in [1.54, 1.807) is 0 Å². The molecule has 0 saturated heterocycles. The molecule has 7 heteroatoms. The van der Waals surface area contributed by atoms with Crippen molar-refractivity contribution in [3.8, 4) is 0 Å². The van der Waals surface area contributed by atoms with Crippen molar-refractivity contribution in [1.29, 1.82) is 0 Å². The molecule has 0 atom stereocenters. The maximum Gasteiger partial charge on any atom is 0.418 e. The molecule has 0 bridgehead atoms. The molecule has 0 amide bonds. The highest BCUT2D eigenvalue weighted by Gasteiger charge is 2.37. The zero-order valence-electron chi connectivity index (χ0n) is 5.94. The zero-order chi connectivity index (χ0) is 10.2. The van der Waals surface area contributed by atoms with Crippen LogP contribution in [0.1, 0.15) is 16.1 Å². The SMILES string of the molecule is O=C(O)c1[nH]c(Br)cc1C(F)(F)F. The lowest BCUT2D eigenvalue weighted by Crippen LogP contribution is -2.10. The summed E-state index contributed by atoms with van der Waals surface area (Å²) in [5.74, 6) is -1.64. The first-order valence-corrected chi connectivity index (χ1v) is 3.80. The molecule has 0 radical (unpaired) electrons. The number of halogens is 4. The molecule has 2 N–H and O–H groups in total. The second-order valence-corrected chi connectivity index (χ2v) is 3.06. The molecular weight excluding hydrogens is 255 g/mol. The number of aromatic nitrogens is 1. The highest BCUT2D eigenvalue weighted by Crippen LogP contribution is 2.33. The number of carboxylic acid groups (broad SMARTS) is 1. The third-order valence-electron chi connectivity index (χ3n) is 1.30. The molecule has 0 aliphatic heterocycles. The highest BCUT2D eigenvalue weighted by molar-refractivity contribution is 9.10. The van der Waals surface area contributed by atoms with Crippen LogP contribution in [-0.4, -0.2) is 16.1 Å². The molecule has 0 aliphatic carbocycles. The van der Waals surface area contributed by atoms with Crippen LogP contribution in [0.5, 0.6) is 0 Å². The summed E-state index contributed by atoms with van der Waals surface area (Å²) in [6.45, 7) is 0. The van der Waals surface area contributed by atoms with Crippen LogP contribution in [0.3, 0.4) is 0 Å². The van der Waals surface area contributed by atoms with Gasteiger partial charge in [0.25, 0.3) is 0 Å². The van der Waals surface area contributed by atoms with Crippen molar-refractivity contribution in [2.75, 3.05) is 0 Å². The van der Waals surface area contributed by atoms with Gasteiger partial charge in [-0.3, -0.25) is 0 Å². The Balaban J connectivity index is 3.28. The van der Waals surface area contributed by atoms with Crippen LogP contribution in [0, 0.1) is 0 Å². The molecule has 0 aromatic carbocycles. The van der Waals surface area contributed by atoms with Crippen molar-refractivity contribution in [2.24, 2.45) is 0 Å². The molecule has 0 spiro atoms. The van der Waals surface area contributed by atoms with Gasteiger partial charge in [-0.25, -0.2) is 4.79 Å². The first kappa shape index (κ1) is 10.1. The normalized spacial score (nSPS) is 11.7. The predicted octanol–water partition coefficient (Wildman–Crippen LogP) is 2.49. The van der Waals surface area contributed by atoms with E-state index in [0.717, 1.165) is 0 Å². The van der Waals surface area contributed by atoms with Crippen LogP contribution in [0.25, 0.3) is 0 Å². The lowest BCUT2D eigenvalue weighted by molar-refractivity contribution is -0.138. The Kier molecular flexibility index (Phi) is 2.38. The van der Waals surface area contributed by atoms with Crippen LogP contribution < -0.4 is 0 Å². The molecule has 72 valence electrons. The topological polar surface area (TPSA) is 53.1 Å². The van der Waals surface area contributed by atoms with Gasteiger partial charge in [0, 0.05) is 0 Å². The van der Waals surface area contributed by atoms with Crippen molar-refractivity contribution in [2.45, 2.75) is 6.18 Å². The van der Waals surface area contributed by atoms with Gasteiger partial charge in [0.1, 0.15) is 5.69 Å². The third-order valence-corrected chi connectivity index (χ3v) is 1.73. The minimum absolute atomic E-state index is 0.0165. The number of aromatic carboxylic acids is 1.